The third-order valence-electron chi connectivity index (χ3n) is 3.03. The minimum Gasteiger partial charge on any atom is -0.465 e. The molecule has 1 aromatic heterocycles. The van der Waals surface area contributed by atoms with Crippen LogP contribution in [0, 0.1) is 6.92 Å². The molecule has 0 aliphatic heterocycles. The summed E-state index contributed by atoms with van der Waals surface area (Å²) in [5, 5.41) is 0. The first-order valence-corrected chi connectivity index (χ1v) is 5.89. The van der Waals surface area contributed by atoms with E-state index in [9.17, 15) is 4.79 Å². The SMILES string of the molecule is CCOC(=O)C(N)c1ccc2c(c1)nc(C)n2C. The highest BCUT2D eigenvalue weighted by Gasteiger charge is 2.18. The maximum absolute atomic E-state index is 11.6. The van der Waals surface area contributed by atoms with Gasteiger partial charge in [0.15, 0.2) is 0 Å². The molecule has 0 aliphatic rings. The molecular weight excluding hydrogens is 230 g/mol. The van der Waals surface area contributed by atoms with Crippen molar-refractivity contribution in [2.75, 3.05) is 6.61 Å². The number of hydrogen-bond donors (Lipinski definition) is 1. The van der Waals surface area contributed by atoms with E-state index in [-0.39, 0.29) is 0 Å². The van der Waals surface area contributed by atoms with Crippen molar-refractivity contribution in [2.45, 2.75) is 19.9 Å². The Bertz CT molecular complexity index is 589. The zero-order valence-corrected chi connectivity index (χ0v) is 10.8. The molecule has 0 saturated carbocycles. The maximum atomic E-state index is 11.6. The quantitative estimate of drug-likeness (QED) is 0.833. The van der Waals surface area contributed by atoms with Crippen LogP contribution >= 0.6 is 0 Å². The summed E-state index contributed by atoms with van der Waals surface area (Å²) in [6.45, 7) is 4.03. The summed E-state index contributed by atoms with van der Waals surface area (Å²) < 4.78 is 6.90. The summed E-state index contributed by atoms with van der Waals surface area (Å²) >= 11 is 0. The number of fused-ring (bicyclic) bond motifs is 1. The molecule has 0 radical (unpaired) electrons. The van der Waals surface area contributed by atoms with Crippen LogP contribution in [0.4, 0.5) is 0 Å². The second kappa shape index (κ2) is 4.78. The van der Waals surface area contributed by atoms with Crippen LogP contribution in [0.25, 0.3) is 11.0 Å². The molecular formula is C13H17N3O2. The van der Waals surface area contributed by atoms with E-state index in [1.807, 2.05) is 36.7 Å². The number of benzene rings is 1. The first kappa shape index (κ1) is 12.6. The van der Waals surface area contributed by atoms with Crippen molar-refractivity contribution in [3.05, 3.63) is 29.6 Å². The van der Waals surface area contributed by atoms with Crippen LogP contribution < -0.4 is 5.73 Å². The third kappa shape index (κ3) is 2.09. The minimum atomic E-state index is -0.753. The molecule has 2 aromatic rings. The van der Waals surface area contributed by atoms with Crippen molar-refractivity contribution in [3.8, 4) is 0 Å². The Morgan fingerprint density at radius 2 is 2.28 bits per heavy atom. The van der Waals surface area contributed by atoms with E-state index >= 15 is 0 Å². The summed E-state index contributed by atoms with van der Waals surface area (Å²) in [4.78, 5) is 16.0. The first-order chi connectivity index (χ1) is 8.54. The number of aryl methyl sites for hydroxylation is 2. The van der Waals surface area contributed by atoms with E-state index in [1.165, 1.54) is 0 Å². The van der Waals surface area contributed by atoms with E-state index < -0.39 is 12.0 Å². The fourth-order valence-corrected chi connectivity index (χ4v) is 1.90. The number of nitrogens with two attached hydrogens (primary N) is 1. The fourth-order valence-electron chi connectivity index (χ4n) is 1.90. The van der Waals surface area contributed by atoms with Crippen molar-refractivity contribution in [2.24, 2.45) is 12.8 Å². The number of esters is 1. The molecule has 1 unspecified atom stereocenters. The highest BCUT2D eigenvalue weighted by molar-refractivity contribution is 5.82. The predicted octanol–water partition coefficient (Wildman–Crippen LogP) is 1.44. The lowest BCUT2D eigenvalue weighted by atomic mass is 10.1. The minimum absolute atomic E-state index is 0.331. The van der Waals surface area contributed by atoms with Gasteiger partial charge in [-0.1, -0.05) is 6.07 Å². The van der Waals surface area contributed by atoms with Gasteiger partial charge in [-0.15, -0.1) is 0 Å². The normalized spacial score (nSPS) is 12.7. The largest absolute Gasteiger partial charge is 0.465 e. The van der Waals surface area contributed by atoms with Crippen molar-refractivity contribution in [3.63, 3.8) is 0 Å². The average molecular weight is 247 g/mol. The predicted molar refractivity (Wildman–Crippen MR) is 69.0 cm³/mol. The van der Waals surface area contributed by atoms with Gasteiger partial charge in [0.25, 0.3) is 0 Å². The lowest BCUT2D eigenvalue weighted by molar-refractivity contribution is -0.144. The standard InChI is InChI=1S/C13H17N3O2/c1-4-18-13(17)12(14)9-5-6-11-10(7-9)15-8(2)16(11)3/h5-7,12H,4,14H2,1-3H3. The van der Waals surface area contributed by atoms with E-state index in [0.29, 0.717) is 6.61 Å². The van der Waals surface area contributed by atoms with Gasteiger partial charge in [-0.25, -0.2) is 9.78 Å². The number of hydrogen-bond acceptors (Lipinski definition) is 4. The molecule has 0 amide bonds. The van der Waals surface area contributed by atoms with Crippen molar-refractivity contribution < 1.29 is 9.53 Å². The van der Waals surface area contributed by atoms with Crippen LogP contribution in [-0.4, -0.2) is 22.1 Å². The molecule has 1 aromatic carbocycles. The Hall–Kier alpha value is -1.88. The third-order valence-corrected chi connectivity index (χ3v) is 3.03. The van der Waals surface area contributed by atoms with Crippen molar-refractivity contribution in [1.29, 1.82) is 0 Å². The zero-order chi connectivity index (χ0) is 13.3. The van der Waals surface area contributed by atoms with Gasteiger partial charge in [0, 0.05) is 7.05 Å². The molecule has 0 fully saturated rings. The molecule has 2 N–H and O–H groups in total. The lowest BCUT2D eigenvalue weighted by Crippen LogP contribution is -2.23. The van der Waals surface area contributed by atoms with E-state index in [2.05, 4.69) is 4.98 Å². The number of nitrogens with zero attached hydrogens (tertiary/aromatic N) is 2. The second-order valence-corrected chi connectivity index (χ2v) is 4.20. The number of imidazole rings is 1. The maximum Gasteiger partial charge on any atom is 0.327 e. The number of carbonyl (C=O) groups excluding carboxylic acids is 1. The van der Waals surface area contributed by atoms with Crippen LogP contribution in [0.15, 0.2) is 18.2 Å². The zero-order valence-electron chi connectivity index (χ0n) is 10.8. The Labute approximate surface area is 106 Å². The van der Waals surface area contributed by atoms with Crippen LogP contribution in [0.2, 0.25) is 0 Å². The van der Waals surface area contributed by atoms with Crippen LogP contribution in [-0.2, 0) is 16.6 Å². The molecule has 96 valence electrons. The Balaban J connectivity index is 2.38. The van der Waals surface area contributed by atoms with Gasteiger partial charge < -0.3 is 15.0 Å². The topological polar surface area (TPSA) is 70.1 Å². The number of ether oxygens (including phenoxy) is 1. The van der Waals surface area contributed by atoms with Crippen LogP contribution in [0.3, 0.4) is 0 Å². The Kier molecular flexibility index (Phi) is 3.34. The number of aromatic nitrogens is 2. The van der Waals surface area contributed by atoms with Gasteiger partial charge >= 0.3 is 5.97 Å². The average Bonchev–Trinajstić information content (AvgIpc) is 2.64. The van der Waals surface area contributed by atoms with Crippen LogP contribution in [0.5, 0.6) is 0 Å². The summed E-state index contributed by atoms with van der Waals surface area (Å²) in [7, 11) is 1.95. The van der Waals surface area contributed by atoms with Gasteiger partial charge in [-0.3, -0.25) is 0 Å². The Morgan fingerprint density at radius 3 is 2.94 bits per heavy atom. The first-order valence-electron chi connectivity index (χ1n) is 5.89. The second-order valence-electron chi connectivity index (χ2n) is 4.20. The van der Waals surface area contributed by atoms with Gasteiger partial charge in [-0.2, -0.15) is 0 Å². The van der Waals surface area contributed by atoms with E-state index in [1.54, 1.807) is 6.92 Å². The smallest absolute Gasteiger partial charge is 0.327 e. The highest BCUT2D eigenvalue weighted by atomic mass is 16.5. The molecule has 0 aliphatic carbocycles. The lowest BCUT2D eigenvalue weighted by Gasteiger charge is -2.10. The van der Waals surface area contributed by atoms with E-state index in [4.69, 9.17) is 10.5 Å². The summed E-state index contributed by atoms with van der Waals surface area (Å²) in [5.41, 5.74) is 8.43. The molecule has 0 bridgehead atoms. The molecule has 5 heteroatoms. The molecule has 2 rings (SSSR count). The Morgan fingerprint density at radius 1 is 1.56 bits per heavy atom. The van der Waals surface area contributed by atoms with Gasteiger partial charge in [-0.05, 0) is 31.5 Å². The van der Waals surface area contributed by atoms with E-state index in [0.717, 1.165) is 22.4 Å². The summed E-state index contributed by atoms with van der Waals surface area (Å²) in [6.07, 6.45) is 0. The summed E-state index contributed by atoms with van der Waals surface area (Å²) in [5.74, 6) is 0.511. The van der Waals surface area contributed by atoms with Gasteiger partial charge in [0.05, 0.1) is 17.6 Å². The molecule has 0 spiro atoms. The number of rotatable bonds is 3. The van der Waals surface area contributed by atoms with Gasteiger partial charge in [0.2, 0.25) is 0 Å². The van der Waals surface area contributed by atoms with Gasteiger partial charge in [0.1, 0.15) is 11.9 Å². The molecule has 5 nitrogen and oxygen atoms in total. The molecule has 0 saturated heterocycles. The highest BCUT2D eigenvalue weighted by Crippen LogP contribution is 2.20. The molecule has 1 heterocycles. The van der Waals surface area contributed by atoms with Crippen LogP contribution in [0.1, 0.15) is 24.4 Å². The van der Waals surface area contributed by atoms with Crippen molar-refractivity contribution in [1.82, 2.24) is 9.55 Å². The summed E-state index contributed by atoms with van der Waals surface area (Å²) in [6, 6.07) is 4.84. The fraction of sp³-hybridized carbons (Fsp3) is 0.385. The monoisotopic (exact) mass is 247 g/mol. The molecule has 18 heavy (non-hydrogen) atoms. The van der Waals surface area contributed by atoms with Crippen molar-refractivity contribution >= 4 is 17.0 Å². The number of carbonyl (C=O) groups is 1. The molecule has 1 atom stereocenters.